The van der Waals surface area contributed by atoms with E-state index in [0.717, 1.165) is 37.2 Å². The topological polar surface area (TPSA) is 59.0 Å². The minimum Gasteiger partial charge on any atom is -0.366 e. The molecule has 1 unspecified atom stereocenters. The maximum Gasteiger partial charge on any atom is 0.257 e. The fraction of sp³-hybridized carbons (Fsp3) is 0.448. The Balaban J connectivity index is 1.52. The van der Waals surface area contributed by atoms with Crippen LogP contribution >= 0.6 is 11.3 Å². The highest BCUT2D eigenvalue weighted by molar-refractivity contribution is 7.17. The predicted octanol–water partition coefficient (Wildman–Crippen LogP) is 6.90. The van der Waals surface area contributed by atoms with Gasteiger partial charge in [0.15, 0.2) is 0 Å². The minimum absolute atomic E-state index is 0.0502. The molecule has 5 nitrogen and oxygen atoms in total. The third-order valence-corrected chi connectivity index (χ3v) is 8.95. The van der Waals surface area contributed by atoms with E-state index in [9.17, 15) is 4.79 Å². The number of rotatable bonds is 6. The summed E-state index contributed by atoms with van der Waals surface area (Å²) in [6, 6.07) is 8.73. The van der Waals surface area contributed by atoms with Gasteiger partial charge in [-0.2, -0.15) is 5.10 Å². The van der Waals surface area contributed by atoms with E-state index >= 15 is 0 Å². The molecule has 1 aliphatic heterocycles. The maximum absolute atomic E-state index is 14.0. The molecule has 1 aliphatic carbocycles. The van der Waals surface area contributed by atoms with Crippen molar-refractivity contribution in [3.05, 3.63) is 70.8 Å². The smallest absolute Gasteiger partial charge is 0.257 e. The van der Waals surface area contributed by atoms with Crippen LogP contribution < -0.4 is 10.6 Å². The highest BCUT2D eigenvalue weighted by atomic mass is 32.1. The quantitative estimate of drug-likeness (QED) is 0.397. The molecule has 3 heterocycles. The molecule has 6 heteroatoms. The van der Waals surface area contributed by atoms with Crippen molar-refractivity contribution in [3.8, 4) is 0 Å². The molecule has 2 atom stereocenters. The van der Waals surface area contributed by atoms with Crippen LogP contribution in [0.1, 0.15) is 75.0 Å². The standard InChI is InChI=1S/C29H36N4OS/c1-6-29(7-2,22-18-35-24-16-12-11-15-21(22)24)31-27(34)25-19(3)32-33-26(25)30-23(17-28(33,4)5)20-13-9-8-10-14-20/h8-13,15-16,18,20,23,30H,6-7,14,17H2,1-5H3,(H,31,34)/t20?,23-/m1/s1. The molecule has 0 fully saturated rings. The molecule has 0 saturated heterocycles. The zero-order valence-corrected chi connectivity index (χ0v) is 22.2. The summed E-state index contributed by atoms with van der Waals surface area (Å²) in [6.07, 6.45) is 12.4. The lowest BCUT2D eigenvalue weighted by molar-refractivity contribution is 0.0890. The SMILES string of the molecule is CCC(CC)(NC(=O)c1c(C)nn2c1N[C@@H](C1C=CC=CC1)CC2(C)C)c1csc2ccccc12. The van der Waals surface area contributed by atoms with Crippen molar-refractivity contribution in [1.82, 2.24) is 15.1 Å². The van der Waals surface area contributed by atoms with Crippen LogP contribution in [0.2, 0.25) is 0 Å². The van der Waals surface area contributed by atoms with Gasteiger partial charge < -0.3 is 10.6 Å². The van der Waals surface area contributed by atoms with Gasteiger partial charge in [0.1, 0.15) is 11.4 Å². The summed E-state index contributed by atoms with van der Waals surface area (Å²) in [4.78, 5) is 14.0. The van der Waals surface area contributed by atoms with Crippen LogP contribution in [0.25, 0.3) is 10.1 Å². The predicted molar refractivity (Wildman–Crippen MR) is 146 cm³/mol. The van der Waals surface area contributed by atoms with E-state index in [1.165, 1.54) is 15.6 Å². The van der Waals surface area contributed by atoms with Crippen LogP contribution in [0.15, 0.2) is 53.9 Å². The van der Waals surface area contributed by atoms with Crippen LogP contribution in [0.4, 0.5) is 5.82 Å². The molecule has 0 bridgehead atoms. The van der Waals surface area contributed by atoms with Crippen molar-refractivity contribution in [3.63, 3.8) is 0 Å². The molecule has 1 amide bonds. The molecular weight excluding hydrogens is 452 g/mol. The van der Waals surface area contributed by atoms with Crippen molar-refractivity contribution in [2.45, 2.75) is 77.4 Å². The number of fused-ring (bicyclic) bond motifs is 2. The van der Waals surface area contributed by atoms with E-state index in [0.29, 0.717) is 11.5 Å². The van der Waals surface area contributed by atoms with Gasteiger partial charge in [-0.25, -0.2) is 4.68 Å². The van der Waals surface area contributed by atoms with Gasteiger partial charge in [-0.1, -0.05) is 56.4 Å². The molecule has 2 aromatic heterocycles. The first-order valence-corrected chi connectivity index (χ1v) is 13.7. The Morgan fingerprint density at radius 2 is 2.03 bits per heavy atom. The number of carbonyl (C=O) groups is 1. The Labute approximate surface area is 212 Å². The van der Waals surface area contributed by atoms with Crippen LogP contribution in [-0.2, 0) is 11.1 Å². The van der Waals surface area contributed by atoms with E-state index in [4.69, 9.17) is 5.10 Å². The molecule has 2 N–H and O–H groups in total. The number of aryl methyl sites for hydroxylation is 1. The largest absolute Gasteiger partial charge is 0.366 e. The van der Waals surface area contributed by atoms with Crippen LogP contribution in [0.3, 0.4) is 0 Å². The Morgan fingerprint density at radius 1 is 1.26 bits per heavy atom. The molecule has 0 spiro atoms. The molecular formula is C29H36N4OS. The second kappa shape index (κ2) is 8.98. The first-order chi connectivity index (χ1) is 16.8. The zero-order chi connectivity index (χ0) is 24.8. The summed E-state index contributed by atoms with van der Waals surface area (Å²) in [6.45, 7) is 10.7. The molecule has 3 aromatic rings. The van der Waals surface area contributed by atoms with E-state index in [2.05, 4.69) is 92.3 Å². The number of aromatic nitrogens is 2. The van der Waals surface area contributed by atoms with Crippen molar-refractivity contribution < 1.29 is 4.79 Å². The average Bonchev–Trinajstić information content (AvgIpc) is 3.44. The normalized spacial score (nSPS) is 21.1. The zero-order valence-electron chi connectivity index (χ0n) is 21.4. The van der Waals surface area contributed by atoms with Gasteiger partial charge in [0, 0.05) is 16.7 Å². The van der Waals surface area contributed by atoms with Crippen LogP contribution in [0.5, 0.6) is 0 Å². The Bertz CT molecular complexity index is 1310. The summed E-state index contributed by atoms with van der Waals surface area (Å²) in [5.74, 6) is 1.20. The summed E-state index contributed by atoms with van der Waals surface area (Å²) in [5.41, 5.74) is 2.04. The Morgan fingerprint density at radius 3 is 2.74 bits per heavy atom. The molecule has 35 heavy (non-hydrogen) atoms. The van der Waals surface area contributed by atoms with Gasteiger partial charge in [0.05, 0.1) is 16.8 Å². The average molecular weight is 489 g/mol. The van der Waals surface area contributed by atoms with Crippen molar-refractivity contribution >= 4 is 33.1 Å². The van der Waals surface area contributed by atoms with Crippen LogP contribution in [-0.4, -0.2) is 21.7 Å². The number of amides is 1. The van der Waals surface area contributed by atoms with Gasteiger partial charge in [0.25, 0.3) is 5.91 Å². The lowest BCUT2D eigenvalue weighted by Gasteiger charge is -2.41. The lowest BCUT2D eigenvalue weighted by atomic mass is 9.82. The third kappa shape index (κ3) is 4.02. The molecule has 1 aromatic carbocycles. The summed E-state index contributed by atoms with van der Waals surface area (Å²) >= 11 is 1.75. The summed E-state index contributed by atoms with van der Waals surface area (Å²) in [5, 5.41) is 15.5. The van der Waals surface area contributed by atoms with Gasteiger partial charge in [-0.15, -0.1) is 11.3 Å². The van der Waals surface area contributed by atoms with Crippen molar-refractivity contribution in [2.75, 3.05) is 5.32 Å². The summed E-state index contributed by atoms with van der Waals surface area (Å²) < 4.78 is 3.29. The van der Waals surface area contributed by atoms with E-state index in [1.54, 1.807) is 11.3 Å². The number of nitrogens with zero attached hydrogens (tertiary/aromatic N) is 2. The number of benzene rings is 1. The number of nitrogens with one attached hydrogen (secondary N) is 2. The molecule has 2 aliphatic rings. The highest BCUT2D eigenvalue weighted by Crippen LogP contribution is 2.41. The monoisotopic (exact) mass is 488 g/mol. The lowest BCUT2D eigenvalue weighted by Crippen LogP contribution is -2.47. The number of hydrogen-bond donors (Lipinski definition) is 2. The number of anilines is 1. The summed E-state index contributed by atoms with van der Waals surface area (Å²) in [7, 11) is 0. The first kappa shape index (κ1) is 23.9. The molecule has 0 radical (unpaired) electrons. The number of carbonyl (C=O) groups excluding carboxylic acids is 1. The minimum atomic E-state index is -0.432. The van der Waals surface area contributed by atoms with E-state index in [1.807, 2.05) is 11.6 Å². The second-order valence-corrected chi connectivity index (χ2v) is 11.5. The van der Waals surface area contributed by atoms with E-state index < -0.39 is 5.54 Å². The number of allylic oxidation sites excluding steroid dienone is 3. The number of thiophene rings is 1. The third-order valence-electron chi connectivity index (χ3n) is 7.99. The molecule has 0 saturated carbocycles. The number of hydrogen-bond acceptors (Lipinski definition) is 4. The molecule has 5 rings (SSSR count). The van der Waals surface area contributed by atoms with Gasteiger partial charge >= 0.3 is 0 Å². The van der Waals surface area contributed by atoms with Gasteiger partial charge in [0.2, 0.25) is 0 Å². The van der Waals surface area contributed by atoms with Gasteiger partial charge in [-0.3, -0.25) is 4.79 Å². The highest BCUT2D eigenvalue weighted by Gasteiger charge is 2.41. The molecule has 184 valence electrons. The fourth-order valence-electron chi connectivity index (χ4n) is 5.88. The van der Waals surface area contributed by atoms with E-state index in [-0.39, 0.29) is 17.5 Å². The first-order valence-electron chi connectivity index (χ1n) is 12.8. The fourth-order valence-corrected chi connectivity index (χ4v) is 6.94. The van der Waals surface area contributed by atoms with Gasteiger partial charge in [-0.05, 0) is 68.9 Å². The Hall–Kier alpha value is -2.86. The van der Waals surface area contributed by atoms with Crippen molar-refractivity contribution in [1.29, 1.82) is 0 Å². The van der Waals surface area contributed by atoms with Crippen molar-refractivity contribution in [2.24, 2.45) is 5.92 Å². The second-order valence-electron chi connectivity index (χ2n) is 10.6. The van der Waals surface area contributed by atoms with Crippen LogP contribution in [0, 0.1) is 12.8 Å². The Kier molecular flexibility index (Phi) is 6.12. The maximum atomic E-state index is 14.0.